The normalized spacial score (nSPS) is 30.4. The summed E-state index contributed by atoms with van der Waals surface area (Å²) < 4.78 is 17.3. The maximum Gasteiger partial charge on any atom is 0.320 e. The van der Waals surface area contributed by atoms with Crippen LogP contribution in [0.1, 0.15) is 53.5 Å². The molecule has 10 nitrogen and oxygen atoms in total. The number of halogens is 1. The van der Waals surface area contributed by atoms with Crippen LogP contribution in [-0.4, -0.2) is 94.4 Å². The average Bonchev–Trinajstić information content (AvgIpc) is 3.64. The van der Waals surface area contributed by atoms with Crippen LogP contribution in [0.25, 0.3) is 0 Å². The van der Waals surface area contributed by atoms with Gasteiger partial charge in [-0.1, -0.05) is 29.8 Å². The maximum absolute atomic E-state index is 11.6. The van der Waals surface area contributed by atoms with E-state index in [2.05, 4.69) is 5.32 Å². The lowest BCUT2D eigenvalue weighted by molar-refractivity contribution is -0.231. The number of nitrogens with one attached hydrogen (secondary N) is 1. The van der Waals surface area contributed by atoms with Crippen LogP contribution in [0, 0.1) is 0 Å². The number of rotatable bonds is 11. The van der Waals surface area contributed by atoms with Crippen LogP contribution in [0.5, 0.6) is 5.75 Å². The Morgan fingerprint density at radius 3 is 2.52 bits per heavy atom. The van der Waals surface area contributed by atoms with Crippen molar-refractivity contribution in [1.29, 1.82) is 0 Å². The molecule has 3 fully saturated rings. The van der Waals surface area contributed by atoms with Crippen molar-refractivity contribution in [1.82, 2.24) is 5.32 Å². The zero-order valence-electron chi connectivity index (χ0n) is 22.0. The molecule has 0 bridgehead atoms. The molecule has 1 saturated carbocycles. The van der Waals surface area contributed by atoms with E-state index in [4.69, 9.17) is 25.8 Å². The molecule has 2 aliphatic heterocycles. The number of hydrogen-bond acceptors (Lipinski definition) is 9. The Morgan fingerprint density at radius 2 is 1.82 bits per heavy atom. The van der Waals surface area contributed by atoms with Crippen molar-refractivity contribution in [2.45, 2.75) is 74.3 Å². The Bertz CT molecular complexity index is 1190. The molecule has 5 rings (SSSR count). The van der Waals surface area contributed by atoms with Gasteiger partial charge in [-0.05, 0) is 72.1 Å². The number of aliphatic hydroxyl groups is 4. The van der Waals surface area contributed by atoms with E-state index in [0.29, 0.717) is 55.0 Å². The SMILES string of the molecule is O=C(O)[C@@H]1CC(c2cc(OCCOC3CC3)ccc2Cc2cc(C3O[C@H](CO)[C@@H](O)[C@H](O)[C@H]3O)ccc2Cl)CN1. The van der Waals surface area contributed by atoms with E-state index in [1.807, 2.05) is 18.2 Å². The Kier molecular flexibility index (Phi) is 9.28. The summed E-state index contributed by atoms with van der Waals surface area (Å²) in [5, 5.41) is 53.7. The Morgan fingerprint density at radius 1 is 1.02 bits per heavy atom. The fourth-order valence-corrected chi connectivity index (χ4v) is 5.65. The summed E-state index contributed by atoms with van der Waals surface area (Å²) in [6.45, 7) is 0.924. The Labute approximate surface area is 237 Å². The van der Waals surface area contributed by atoms with Gasteiger partial charge in [0, 0.05) is 11.6 Å². The van der Waals surface area contributed by atoms with E-state index in [0.717, 1.165) is 29.5 Å². The Balaban J connectivity index is 1.38. The molecular formula is C29H36ClNO9. The predicted molar refractivity (Wildman–Crippen MR) is 145 cm³/mol. The summed E-state index contributed by atoms with van der Waals surface area (Å²) in [4.78, 5) is 11.6. The molecular weight excluding hydrogens is 542 g/mol. The second-order valence-corrected chi connectivity index (χ2v) is 11.2. The number of carboxylic acids is 1. The van der Waals surface area contributed by atoms with Crippen molar-refractivity contribution in [3.8, 4) is 5.75 Å². The van der Waals surface area contributed by atoms with Crippen molar-refractivity contribution >= 4 is 17.6 Å². The number of aliphatic hydroxyl groups excluding tert-OH is 4. The highest BCUT2D eigenvalue weighted by Crippen LogP contribution is 2.37. The number of aliphatic carboxylic acids is 1. The molecule has 2 saturated heterocycles. The lowest BCUT2D eigenvalue weighted by Gasteiger charge is -2.40. The highest BCUT2D eigenvalue weighted by Gasteiger charge is 2.44. The molecule has 2 heterocycles. The van der Waals surface area contributed by atoms with Crippen molar-refractivity contribution < 1.29 is 44.5 Å². The van der Waals surface area contributed by atoms with Crippen LogP contribution in [0.3, 0.4) is 0 Å². The van der Waals surface area contributed by atoms with Gasteiger partial charge >= 0.3 is 5.97 Å². The molecule has 218 valence electrons. The first kappa shape index (κ1) is 29.2. The van der Waals surface area contributed by atoms with Crippen molar-refractivity contribution in [2.24, 2.45) is 0 Å². The van der Waals surface area contributed by atoms with E-state index in [9.17, 15) is 30.3 Å². The van der Waals surface area contributed by atoms with Gasteiger partial charge < -0.3 is 45.1 Å². The van der Waals surface area contributed by atoms with Crippen molar-refractivity contribution in [3.63, 3.8) is 0 Å². The third kappa shape index (κ3) is 6.61. The minimum Gasteiger partial charge on any atom is -0.491 e. The van der Waals surface area contributed by atoms with Crippen LogP contribution >= 0.6 is 11.6 Å². The minimum absolute atomic E-state index is 0.0465. The molecule has 0 aromatic heterocycles. The van der Waals surface area contributed by atoms with Gasteiger partial charge in [0.05, 0.1) is 19.3 Å². The molecule has 3 aliphatic rings. The molecule has 40 heavy (non-hydrogen) atoms. The standard InChI is InChI=1S/C29H36ClNO9/c30-22-6-2-16(28-27(35)26(34)25(33)24(14-32)40-28)10-17(22)9-15-1-3-20(39-8-7-38-19-4-5-19)12-21(15)18-11-23(29(36)37)31-13-18/h1-3,6,10,12,18-19,23-28,31-35H,4-5,7-9,11,13-14H2,(H,36,37)/t18?,23-,24+,25+,26-,27+,28?/m0/s1. The molecule has 2 aromatic carbocycles. The lowest BCUT2D eigenvalue weighted by Crippen LogP contribution is -2.55. The topological polar surface area (TPSA) is 158 Å². The zero-order valence-corrected chi connectivity index (χ0v) is 22.7. The van der Waals surface area contributed by atoms with Crippen molar-refractivity contribution in [2.75, 3.05) is 26.4 Å². The first-order valence-corrected chi connectivity index (χ1v) is 14.0. The summed E-state index contributed by atoms with van der Waals surface area (Å²) in [6, 6.07) is 10.3. The zero-order chi connectivity index (χ0) is 28.4. The average molecular weight is 578 g/mol. The summed E-state index contributed by atoms with van der Waals surface area (Å²) in [5.74, 6) is -0.253. The van der Waals surface area contributed by atoms with Gasteiger partial charge in [0.15, 0.2) is 0 Å². The molecule has 6 N–H and O–H groups in total. The van der Waals surface area contributed by atoms with E-state index in [1.165, 1.54) is 0 Å². The molecule has 0 spiro atoms. The van der Waals surface area contributed by atoms with Crippen LogP contribution in [-0.2, 0) is 20.7 Å². The largest absolute Gasteiger partial charge is 0.491 e. The van der Waals surface area contributed by atoms with Gasteiger partial charge in [0.25, 0.3) is 0 Å². The molecule has 7 atom stereocenters. The van der Waals surface area contributed by atoms with E-state index < -0.39 is 49.1 Å². The smallest absolute Gasteiger partial charge is 0.320 e. The molecule has 1 aliphatic carbocycles. The Hall–Kier alpha value is -2.28. The van der Waals surface area contributed by atoms with Crippen molar-refractivity contribution in [3.05, 3.63) is 63.7 Å². The number of carbonyl (C=O) groups is 1. The number of hydrogen-bond donors (Lipinski definition) is 6. The van der Waals surface area contributed by atoms with Crippen LogP contribution < -0.4 is 10.1 Å². The van der Waals surface area contributed by atoms with Gasteiger partial charge in [-0.2, -0.15) is 0 Å². The molecule has 2 unspecified atom stereocenters. The van der Waals surface area contributed by atoms with Crippen LogP contribution in [0.2, 0.25) is 5.02 Å². The molecule has 0 amide bonds. The highest BCUT2D eigenvalue weighted by atomic mass is 35.5. The molecule has 2 aromatic rings. The van der Waals surface area contributed by atoms with Gasteiger partial charge in [0.2, 0.25) is 0 Å². The molecule has 11 heteroatoms. The van der Waals surface area contributed by atoms with Gasteiger partial charge in [-0.15, -0.1) is 0 Å². The second-order valence-electron chi connectivity index (χ2n) is 10.8. The first-order chi connectivity index (χ1) is 19.2. The third-order valence-electron chi connectivity index (χ3n) is 7.89. The van der Waals surface area contributed by atoms with E-state index >= 15 is 0 Å². The fraction of sp³-hybridized carbons (Fsp3) is 0.552. The van der Waals surface area contributed by atoms with Gasteiger partial charge in [-0.25, -0.2) is 0 Å². The molecule has 0 radical (unpaired) electrons. The monoisotopic (exact) mass is 577 g/mol. The summed E-state index contributed by atoms with van der Waals surface area (Å²) in [5.41, 5.74) is 3.20. The first-order valence-electron chi connectivity index (χ1n) is 13.7. The summed E-state index contributed by atoms with van der Waals surface area (Å²) >= 11 is 6.59. The fourth-order valence-electron chi connectivity index (χ4n) is 5.46. The highest BCUT2D eigenvalue weighted by molar-refractivity contribution is 6.31. The second kappa shape index (κ2) is 12.7. The maximum atomic E-state index is 11.6. The quantitative estimate of drug-likeness (QED) is 0.216. The minimum atomic E-state index is -1.49. The summed E-state index contributed by atoms with van der Waals surface area (Å²) in [6.07, 6.45) is -2.93. The summed E-state index contributed by atoms with van der Waals surface area (Å²) in [7, 11) is 0. The van der Waals surface area contributed by atoms with E-state index in [1.54, 1.807) is 18.2 Å². The van der Waals surface area contributed by atoms with E-state index in [-0.39, 0.29) is 5.92 Å². The lowest BCUT2D eigenvalue weighted by atomic mass is 9.87. The number of benzene rings is 2. The van der Waals surface area contributed by atoms with Crippen LogP contribution in [0.15, 0.2) is 36.4 Å². The van der Waals surface area contributed by atoms with Crippen LogP contribution in [0.4, 0.5) is 0 Å². The number of ether oxygens (including phenoxy) is 3. The predicted octanol–water partition coefficient (Wildman–Crippen LogP) is 1.53. The number of carboxylic acid groups (broad SMARTS) is 1. The van der Waals surface area contributed by atoms with Gasteiger partial charge in [-0.3, -0.25) is 4.79 Å². The van der Waals surface area contributed by atoms with Gasteiger partial charge in [0.1, 0.15) is 48.9 Å². The third-order valence-corrected chi connectivity index (χ3v) is 8.26.